The van der Waals surface area contributed by atoms with Crippen LogP contribution < -0.4 is 5.73 Å². The van der Waals surface area contributed by atoms with Crippen molar-refractivity contribution in [3.8, 4) is 0 Å². The molecule has 0 saturated heterocycles. The van der Waals surface area contributed by atoms with Gasteiger partial charge in [0.1, 0.15) is 0 Å². The van der Waals surface area contributed by atoms with Crippen molar-refractivity contribution < 1.29 is 8.42 Å². The molecule has 3 rings (SSSR count). The largest absolute Gasteiger partial charge is 0.398 e. The Morgan fingerprint density at radius 1 is 1.14 bits per heavy atom. The molecule has 5 heteroatoms. The summed E-state index contributed by atoms with van der Waals surface area (Å²) < 4.78 is 27.5. The third-order valence-electron chi connectivity index (χ3n) is 4.45. The molecule has 0 spiro atoms. The van der Waals surface area contributed by atoms with Crippen LogP contribution in [0.1, 0.15) is 38.2 Å². The van der Waals surface area contributed by atoms with Crippen molar-refractivity contribution in [1.29, 1.82) is 0 Å². The van der Waals surface area contributed by atoms with E-state index in [1.165, 1.54) is 0 Å². The van der Waals surface area contributed by atoms with Crippen LogP contribution in [0.15, 0.2) is 23.1 Å². The van der Waals surface area contributed by atoms with Gasteiger partial charge in [-0.1, -0.05) is 13.0 Å². The van der Waals surface area contributed by atoms with E-state index in [0.717, 1.165) is 37.7 Å². The first-order valence-corrected chi connectivity index (χ1v) is 9.33. The predicted octanol–water partition coefficient (Wildman–Crippen LogP) is 2.64. The van der Waals surface area contributed by atoms with E-state index in [2.05, 4.69) is 0 Å². The van der Waals surface area contributed by atoms with Gasteiger partial charge in [-0.3, -0.25) is 0 Å². The standard InChI is InChI=1S/C16H24N2O2S/c1-2-14-7-8-15(9-16(14)17)21(19,20)18(10-12-3-4-12)11-13-5-6-13/h7-9,12-13H,2-6,10-11,17H2,1H3. The summed E-state index contributed by atoms with van der Waals surface area (Å²) in [5.41, 5.74) is 7.56. The second-order valence-corrected chi connectivity index (χ2v) is 8.36. The summed E-state index contributed by atoms with van der Waals surface area (Å²) in [5, 5.41) is 0. The van der Waals surface area contributed by atoms with E-state index in [4.69, 9.17) is 5.73 Å². The Bertz CT molecular complexity index is 605. The lowest BCUT2D eigenvalue weighted by molar-refractivity contribution is 0.382. The molecule has 2 aliphatic carbocycles. The van der Waals surface area contributed by atoms with Crippen LogP contribution in [0.5, 0.6) is 0 Å². The van der Waals surface area contributed by atoms with Crippen LogP contribution in [-0.2, 0) is 16.4 Å². The highest BCUT2D eigenvalue weighted by Gasteiger charge is 2.35. The number of anilines is 1. The smallest absolute Gasteiger partial charge is 0.243 e. The van der Waals surface area contributed by atoms with Crippen molar-refractivity contribution in [1.82, 2.24) is 4.31 Å². The van der Waals surface area contributed by atoms with Crippen LogP contribution in [0.3, 0.4) is 0 Å². The minimum Gasteiger partial charge on any atom is -0.398 e. The number of nitrogen functional groups attached to an aromatic ring is 1. The number of sulfonamides is 1. The highest BCUT2D eigenvalue weighted by molar-refractivity contribution is 7.89. The molecule has 0 aliphatic heterocycles. The van der Waals surface area contributed by atoms with Crippen molar-refractivity contribution in [2.45, 2.75) is 43.9 Å². The number of aryl methyl sites for hydroxylation is 1. The molecular formula is C16H24N2O2S. The Morgan fingerprint density at radius 3 is 2.14 bits per heavy atom. The number of nitrogens with zero attached hydrogens (tertiary/aromatic N) is 1. The van der Waals surface area contributed by atoms with Gasteiger partial charge in [0.2, 0.25) is 10.0 Å². The maximum atomic E-state index is 12.9. The Labute approximate surface area is 127 Å². The van der Waals surface area contributed by atoms with E-state index in [9.17, 15) is 8.42 Å². The van der Waals surface area contributed by atoms with Gasteiger partial charge in [-0.05, 0) is 61.6 Å². The van der Waals surface area contributed by atoms with Gasteiger partial charge in [-0.25, -0.2) is 8.42 Å². The highest BCUT2D eigenvalue weighted by Crippen LogP contribution is 2.36. The van der Waals surface area contributed by atoms with E-state index in [1.807, 2.05) is 13.0 Å². The molecule has 0 radical (unpaired) electrons. The number of hydrogen-bond donors (Lipinski definition) is 1. The van der Waals surface area contributed by atoms with E-state index in [-0.39, 0.29) is 0 Å². The van der Waals surface area contributed by atoms with E-state index < -0.39 is 10.0 Å². The summed E-state index contributed by atoms with van der Waals surface area (Å²) in [6, 6.07) is 5.17. The van der Waals surface area contributed by atoms with Crippen LogP contribution in [0.2, 0.25) is 0 Å². The molecule has 4 nitrogen and oxygen atoms in total. The second kappa shape index (κ2) is 5.61. The zero-order valence-electron chi connectivity index (χ0n) is 12.6. The summed E-state index contributed by atoms with van der Waals surface area (Å²) in [7, 11) is -3.41. The van der Waals surface area contributed by atoms with E-state index >= 15 is 0 Å². The van der Waals surface area contributed by atoms with Crippen LogP contribution in [0.25, 0.3) is 0 Å². The molecule has 2 fully saturated rings. The number of rotatable bonds is 7. The van der Waals surface area contributed by atoms with Gasteiger partial charge < -0.3 is 5.73 Å². The minimum absolute atomic E-state index is 0.346. The van der Waals surface area contributed by atoms with Gasteiger partial charge in [0, 0.05) is 18.8 Å². The highest BCUT2D eigenvalue weighted by atomic mass is 32.2. The quantitative estimate of drug-likeness (QED) is 0.788. The zero-order chi connectivity index (χ0) is 15.0. The topological polar surface area (TPSA) is 63.4 Å². The number of hydrogen-bond acceptors (Lipinski definition) is 3. The van der Waals surface area contributed by atoms with Crippen molar-refractivity contribution in [2.75, 3.05) is 18.8 Å². The molecule has 0 bridgehead atoms. The first-order valence-electron chi connectivity index (χ1n) is 7.89. The Hall–Kier alpha value is -1.07. The van der Waals surface area contributed by atoms with Crippen molar-refractivity contribution in [2.24, 2.45) is 11.8 Å². The zero-order valence-corrected chi connectivity index (χ0v) is 13.4. The molecular weight excluding hydrogens is 284 g/mol. The van der Waals surface area contributed by atoms with Crippen LogP contribution >= 0.6 is 0 Å². The maximum absolute atomic E-state index is 12.9. The molecule has 21 heavy (non-hydrogen) atoms. The fourth-order valence-electron chi connectivity index (χ4n) is 2.65. The van der Waals surface area contributed by atoms with E-state index in [0.29, 0.717) is 35.5 Å². The Kier molecular flexibility index (Phi) is 3.97. The third-order valence-corrected chi connectivity index (χ3v) is 6.28. The summed E-state index contributed by atoms with van der Waals surface area (Å²) in [6.45, 7) is 3.37. The van der Waals surface area contributed by atoms with Gasteiger partial charge in [0.05, 0.1) is 4.90 Å². The minimum atomic E-state index is -3.41. The van der Waals surface area contributed by atoms with Gasteiger partial charge >= 0.3 is 0 Å². The normalized spacial score (nSPS) is 19.1. The SMILES string of the molecule is CCc1ccc(S(=O)(=O)N(CC2CC2)CC2CC2)cc1N. The average molecular weight is 308 g/mol. The molecule has 2 N–H and O–H groups in total. The molecule has 1 aromatic carbocycles. The fourth-order valence-corrected chi connectivity index (χ4v) is 4.28. The Balaban J connectivity index is 1.86. The predicted molar refractivity (Wildman–Crippen MR) is 84.4 cm³/mol. The van der Waals surface area contributed by atoms with Gasteiger partial charge in [0.25, 0.3) is 0 Å². The monoisotopic (exact) mass is 308 g/mol. The second-order valence-electron chi connectivity index (χ2n) is 6.42. The lowest BCUT2D eigenvalue weighted by Crippen LogP contribution is -2.34. The Morgan fingerprint density at radius 2 is 1.71 bits per heavy atom. The maximum Gasteiger partial charge on any atom is 0.243 e. The number of nitrogens with two attached hydrogens (primary N) is 1. The molecule has 1 aromatic rings. The molecule has 0 heterocycles. The molecule has 0 aromatic heterocycles. The van der Waals surface area contributed by atoms with Crippen LogP contribution in [-0.4, -0.2) is 25.8 Å². The van der Waals surface area contributed by atoms with Crippen LogP contribution in [0.4, 0.5) is 5.69 Å². The summed E-state index contributed by atoms with van der Waals surface area (Å²) in [4.78, 5) is 0.346. The summed E-state index contributed by atoms with van der Waals surface area (Å²) in [5.74, 6) is 1.12. The first-order chi connectivity index (χ1) is 10.0. The van der Waals surface area contributed by atoms with Gasteiger partial charge in [-0.15, -0.1) is 0 Å². The first kappa shape index (κ1) is 14.9. The van der Waals surface area contributed by atoms with Crippen molar-refractivity contribution in [3.63, 3.8) is 0 Å². The molecule has 0 atom stereocenters. The van der Waals surface area contributed by atoms with Gasteiger partial charge in [-0.2, -0.15) is 4.31 Å². The lowest BCUT2D eigenvalue weighted by atomic mass is 10.1. The van der Waals surface area contributed by atoms with Crippen LogP contribution in [0, 0.1) is 11.8 Å². The third kappa shape index (κ3) is 3.40. The van der Waals surface area contributed by atoms with Crippen molar-refractivity contribution >= 4 is 15.7 Å². The van der Waals surface area contributed by atoms with E-state index in [1.54, 1.807) is 16.4 Å². The molecule has 2 aliphatic rings. The lowest BCUT2D eigenvalue weighted by Gasteiger charge is -2.22. The van der Waals surface area contributed by atoms with Gasteiger partial charge in [0.15, 0.2) is 0 Å². The fraction of sp³-hybridized carbons (Fsp3) is 0.625. The molecule has 2 saturated carbocycles. The molecule has 116 valence electrons. The molecule has 0 unspecified atom stereocenters. The van der Waals surface area contributed by atoms with Crippen molar-refractivity contribution in [3.05, 3.63) is 23.8 Å². The molecule has 0 amide bonds. The number of benzene rings is 1. The average Bonchev–Trinajstić information content (AvgIpc) is 3.33. The summed E-state index contributed by atoms with van der Waals surface area (Å²) >= 11 is 0. The summed E-state index contributed by atoms with van der Waals surface area (Å²) in [6.07, 6.45) is 5.46.